The highest BCUT2D eigenvalue weighted by atomic mass is 79.9. The van der Waals surface area contributed by atoms with Gasteiger partial charge in [0.15, 0.2) is 11.6 Å². The van der Waals surface area contributed by atoms with Crippen molar-refractivity contribution in [2.75, 3.05) is 6.61 Å². The van der Waals surface area contributed by atoms with Crippen molar-refractivity contribution in [3.05, 3.63) is 64.9 Å². The van der Waals surface area contributed by atoms with Gasteiger partial charge in [-0.3, -0.25) is 4.98 Å². The molecule has 0 bridgehead atoms. The quantitative estimate of drug-likeness (QED) is 0.374. The van der Waals surface area contributed by atoms with E-state index in [0.717, 1.165) is 52.5 Å². The second-order valence-corrected chi connectivity index (χ2v) is 8.13. The maximum Gasteiger partial charge on any atom is 0.159 e. The van der Waals surface area contributed by atoms with Crippen molar-refractivity contribution in [1.29, 1.82) is 0 Å². The van der Waals surface area contributed by atoms with Crippen LogP contribution in [0.2, 0.25) is 0 Å². The van der Waals surface area contributed by atoms with E-state index in [0.29, 0.717) is 23.6 Å². The first-order valence-corrected chi connectivity index (χ1v) is 10.5. The van der Waals surface area contributed by atoms with Crippen LogP contribution >= 0.6 is 15.9 Å². The van der Waals surface area contributed by atoms with Crippen LogP contribution in [0.4, 0.5) is 8.78 Å². The van der Waals surface area contributed by atoms with Crippen molar-refractivity contribution in [3.63, 3.8) is 0 Å². The Morgan fingerprint density at radius 3 is 2.73 bits per heavy atom. The first-order chi connectivity index (χ1) is 14.6. The summed E-state index contributed by atoms with van der Waals surface area (Å²) in [5, 5.41) is 4.69. The van der Waals surface area contributed by atoms with Crippen LogP contribution in [0.25, 0.3) is 33.5 Å². The summed E-state index contributed by atoms with van der Waals surface area (Å²) in [6, 6.07) is 9.42. The van der Waals surface area contributed by atoms with Gasteiger partial charge in [-0.05, 0) is 71.6 Å². The van der Waals surface area contributed by atoms with Gasteiger partial charge < -0.3 is 4.74 Å². The number of hydrogen-bond acceptors (Lipinski definition) is 4. The summed E-state index contributed by atoms with van der Waals surface area (Å²) in [6.07, 6.45) is 6.32. The molecule has 152 valence electrons. The predicted octanol–water partition coefficient (Wildman–Crippen LogP) is 5.90. The Morgan fingerprint density at radius 1 is 1.03 bits per heavy atom. The molecule has 1 aliphatic heterocycles. The molecule has 1 atom stereocenters. The van der Waals surface area contributed by atoms with E-state index in [9.17, 15) is 8.78 Å². The molecular formula is C22H17BrF2N4O. The van der Waals surface area contributed by atoms with E-state index in [2.05, 4.69) is 26.0 Å². The molecule has 0 N–H and O–H groups in total. The number of hydrogen-bond donors (Lipinski definition) is 0. The van der Waals surface area contributed by atoms with Gasteiger partial charge in [0.2, 0.25) is 0 Å². The smallest absolute Gasteiger partial charge is 0.159 e. The summed E-state index contributed by atoms with van der Waals surface area (Å²) >= 11 is 3.42. The number of rotatable bonds is 3. The number of nitrogens with zero attached hydrogens (tertiary/aromatic N) is 4. The van der Waals surface area contributed by atoms with Crippen LogP contribution in [0.1, 0.15) is 25.5 Å². The first-order valence-electron chi connectivity index (χ1n) is 9.67. The van der Waals surface area contributed by atoms with Gasteiger partial charge in [0.25, 0.3) is 0 Å². The van der Waals surface area contributed by atoms with Crippen LogP contribution in [0.15, 0.2) is 53.3 Å². The summed E-state index contributed by atoms with van der Waals surface area (Å²) in [6.45, 7) is 0.675. The maximum absolute atomic E-state index is 13.9. The zero-order valence-electron chi connectivity index (χ0n) is 15.9. The number of pyridine rings is 2. The third-order valence-electron chi connectivity index (χ3n) is 5.16. The summed E-state index contributed by atoms with van der Waals surface area (Å²) in [5.41, 5.74) is 3.88. The SMILES string of the molecule is Fc1ccc(-c2nn(C3CCCCO3)cc2-c2ccc3ncc(Br)cc3n2)cc1F. The Hall–Kier alpha value is -2.71. The van der Waals surface area contributed by atoms with Crippen molar-refractivity contribution in [1.82, 2.24) is 19.7 Å². The standard InChI is InChI=1S/C22H17BrF2N4O/c23-14-10-20-19(26-11-14)7-6-18(27-20)15-12-29(21-3-1-2-8-30-21)28-22(15)13-4-5-16(24)17(25)9-13/h4-7,9-12,21H,1-3,8H2. The van der Waals surface area contributed by atoms with Gasteiger partial charge >= 0.3 is 0 Å². The van der Waals surface area contributed by atoms with Crippen LogP contribution in [0.5, 0.6) is 0 Å². The van der Waals surface area contributed by atoms with E-state index in [4.69, 9.17) is 9.72 Å². The minimum Gasteiger partial charge on any atom is -0.357 e. The zero-order chi connectivity index (χ0) is 20.7. The minimum atomic E-state index is -0.915. The Balaban J connectivity index is 1.67. The van der Waals surface area contributed by atoms with Crippen LogP contribution in [-0.4, -0.2) is 26.4 Å². The fraction of sp³-hybridized carbons (Fsp3) is 0.227. The third-order valence-corrected chi connectivity index (χ3v) is 5.59. The normalized spacial score (nSPS) is 16.8. The van der Waals surface area contributed by atoms with E-state index in [1.54, 1.807) is 10.9 Å². The number of fused-ring (bicyclic) bond motifs is 1. The monoisotopic (exact) mass is 470 g/mol. The van der Waals surface area contributed by atoms with E-state index in [-0.39, 0.29) is 6.23 Å². The molecule has 1 aromatic carbocycles. The molecule has 5 nitrogen and oxygen atoms in total. The van der Waals surface area contributed by atoms with Gasteiger partial charge in [-0.1, -0.05) is 0 Å². The van der Waals surface area contributed by atoms with E-state index < -0.39 is 11.6 Å². The van der Waals surface area contributed by atoms with Crippen molar-refractivity contribution < 1.29 is 13.5 Å². The summed E-state index contributed by atoms with van der Waals surface area (Å²) < 4.78 is 35.9. The molecule has 0 amide bonds. The molecule has 0 aliphatic carbocycles. The maximum atomic E-state index is 13.9. The Labute approximate surface area is 179 Å². The molecule has 1 aliphatic rings. The first kappa shape index (κ1) is 19.3. The van der Waals surface area contributed by atoms with E-state index >= 15 is 0 Å². The molecule has 5 rings (SSSR count). The molecule has 4 heterocycles. The highest BCUT2D eigenvalue weighted by Gasteiger charge is 2.22. The van der Waals surface area contributed by atoms with Gasteiger partial charge in [-0.15, -0.1) is 0 Å². The van der Waals surface area contributed by atoms with Crippen molar-refractivity contribution in [3.8, 4) is 22.5 Å². The Bertz CT molecular complexity index is 1240. The van der Waals surface area contributed by atoms with Crippen LogP contribution in [0.3, 0.4) is 0 Å². The molecule has 1 unspecified atom stereocenters. The van der Waals surface area contributed by atoms with Gasteiger partial charge in [-0.25, -0.2) is 18.4 Å². The second kappa shape index (κ2) is 7.85. The Morgan fingerprint density at radius 2 is 1.93 bits per heavy atom. The zero-order valence-corrected chi connectivity index (χ0v) is 17.4. The number of ether oxygens (including phenoxy) is 1. The van der Waals surface area contributed by atoms with Crippen molar-refractivity contribution in [2.24, 2.45) is 0 Å². The predicted molar refractivity (Wildman–Crippen MR) is 113 cm³/mol. The minimum absolute atomic E-state index is 0.187. The fourth-order valence-corrected chi connectivity index (χ4v) is 3.97. The van der Waals surface area contributed by atoms with Gasteiger partial charge in [0, 0.05) is 34.6 Å². The lowest BCUT2D eigenvalue weighted by Gasteiger charge is -2.22. The molecule has 30 heavy (non-hydrogen) atoms. The molecule has 0 spiro atoms. The highest BCUT2D eigenvalue weighted by Crippen LogP contribution is 2.34. The molecule has 3 aromatic heterocycles. The van der Waals surface area contributed by atoms with Gasteiger partial charge in [0.05, 0.1) is 16.7 Å². The molecule has 1 fully saturated rings. The van der Waals surface area contributed by atoms with E-state index in [1.165, 1.54) is 6.07 Å². The number of benzene rings is 1. The van der Waals surface area contributed by atoms with Crippen LogP contribution in [0, 0.1) is 11.6 Å². The molecule has 4 aromatic rings. The van der Waals surface area contributed by atoms with E-state index in [1.807, 2.05) is 24.4 Å². The average molecular weight is 471 g/mol. The van der Waals surface area contributed by atoms with Crippen LogP contribution in [-0.2, 0) is 4.74 Å². The molecule has 8 heteroatoms. The van der Waals surface area contributed by atoms with Gasteiger partial charge in [0.1, 0.15) is 11.9 Å². The third kappa shape index (κ3) is 3.61. The van der Waals surface area contributed by atoms with Crippen molar-refractivity contribution in [2.45, 2.75) is 25.5 Å². The largest absolute Gasteiger partial charge is 0.357 e. The number of halogens is 3. The average Bonchev–Trinajstić information content (AvgIpc) is 3.21. The summed E-state index contributed by atoms with van der Waals surface area (Å²) in [4.78, 5) is 9.09. The molecular weight excluding hydrogens is 454 g/mol. The lowest BCUT2D eigenvalue weighted by Crippen LogP contribution is -2.18. The highest BCUT2D eigenvalue weighted by molar-refractivity contribution is 9.10. The lowest BCUT2D eigenvalue weighted by atomic mass is 10.0. The molecule has 0 radical (unpaired) electrons. The van der Waals surface area contributed by atoms with Crippen molar-refractivity contribution >= 4 is 27.0 Å². The number of aromatic nitrogens is 4. The second-order valence-electron chi connectivity index (χ2n) is 7.21. The topological polar surface area (TPSA) is 52.8 Å². The Kier molecular flexibility index (Phi) is 5.04. The van der Waals surface area contributed by atoms with Gasteiger partial charge in [-0.2, -0.15) is 5.10 Å². The fourth-order valence-electron chi connectivity index (χ4n) is 3.65. The summed E-state index contributed by atoms with van der Waals surface area (Å²) in [7, 11) is 0. The van der Waals surface area contributed by atoms with Crippen LogP contribution < -0.4 is 0 Å². The molecule has 0 saturated carbocycles. The summed E-state index contributed by atoms with van der Waals surface area (Å²) in [5.74, 6) is -1.81. The molecule has 1 saturated heterocycles. The lowest BCUT2D eigenvalue weighted by molar-refractivity contribution is -0.0393.